The summed E-state index contributed by atoms with van der Waals surface area (Å²) >= 11 is 5.64. The van der Waals surface area contributed by atoms with Crippen LogP contribution < -0.4 is 4.72 Å². The average Bonchev–Trinajstić information content (AvgIpc) is 2.51. The van der Waals surface area contributed by atoms with E-state index in [0.717, 1.165) is 0 Å². The summed E-state index contributed by atoms with van der Waals surface area (Å²) in [7, 11) is -1.87. The second-order valence-electron chi connectivity index (χ2n) is 3.97. The van der Waals surface area contributed by atoms with E-state index in [9.17, 15) is 8.42 Å². The van der Waals surface area contributed by atoms with Crippen molar-refractivity contribution in [2.24, 2.45) is 7.05 Å². The molecular formula is C8H14ClN3O2S. The van der Waals surface area contributed by atoms with Gasteiger partial charge in [-0.25, -0.2) is 13.1 Å². The first kappa shape index (κ1) is 12.5. The van der Waals surface area contributed by atoms with Crippen molar-refractivity contribution in [2.45, 2.75) is 24.3 Å². The molecule has 0 fully saturated rings. The first-order valence-corrected chi connectivity index (χ1v) is 6.37. The van der Waals surface area contributed by atoms with Crippen LogP contribution in [0.2, 0.25) is 0 Å². The van der Waals surface area contributed by atoms with Crippen LogP contribution in [0, 0.1) is 0 Å². The number of nitrogens with zero attached hydrogens (tertiary/aromatic N) is 2. The smallest absolute Gasteiger partial charge is 0.244 e. The quantitative estimate of drug-likeness (QED) is 0.802. The Morgan fingerprint density at radius 1 is 1.60 bits per heavy atom. The van der Waals surface area contributed by atoms with Crippen LogP contribution in [-0.2, 0) is 17.1 Å². The topological polar surface area (TPSA) is 64.0 Å². The maximum atomic E-state index is 11.8. The van der Waals surface area contributed by atoms with Gasteiger partial charge in [0.1, 0.15) is 4.90 Å². The van der Waals surface area contributed by atoms with Crippen LogP contribution in [0.4, 0.5) is 0 Å². The molecule has 0 atom stereocenters. The lowest BCUT2D eigenvalue weighted by Gasteiger charge is -2.22. The Hall–Kier alpha value is -0.590. The van der Waals surface area contributed by atoms with Gasteiger partial charge in [-0.2, -0.15) is 5.10 Å². The number of rotatable bonds is 4. The standard InChI is InChI=1S/C8H14ClN3O2S/c1-8(2,6-9)11-15(13,14)7-4-10-12(3)5-7/h4-5,11H,6H2,1-3H3. The van der Waals surface area contributed by atoms with E-state index in [2.05, 4.69) is 9.82 Å². The highest BCUT2D eigenvalue weighted by molar-refractivity contribution is 7.89. The summed E-state index contributed by atoms with van der Waals surface area (Å²) in [5.41, 5.74) is -0.670. The minimum atomic E-state index is -3.53. The Bertz CT molecular complexity index is 438. The fourth-order valence-corrected chi connectivity index (χ4v) is 2.53. The molecule has 1 aromatic heterocycles. The van der Waals surface area contributed by atoms with Crippen LogP contribution in [0.15, 0.2) is 17.3 Å². The molecule has 0 saturated carbocycles. The zero-order chi connectivity index (χ0) is 11.7. The molecule has 0 aliphatic heterocycles. The molecule has 0 aliphatic rings. The van der Waals surface area contributed by atoms with E-state index in [4.69, 9.17) is 11.6 Å². The monoisotopic (exact) mass is 251 g/mol. The number of alkyl halides is 1. The van der Waals surface area contributed by atoms with Gasteiger partial charge in [0.25, 0.3) is 0 Å². The minimum absolute atomic E-state index is 0.142. The number of halogens is 1. The molecule has 1 N–H and O–H groups in total. The highest BCUT2D eigenvalue weighted by atomic mass is 35.5. The molecule has 86 valence electrons. The van der Waals surface area contributed by atoms with E-state index in [0.29, 0.717) is 0 Å². The summed E-state index contributed by atoms with van der Waals surface area (Å²) < 4.78 is 27.5. The van der Waals surface area contributed by atoms with Crippen molar-refractivity contribution in [2.75, 3.05) is 5.88 Å². The fraction of sp³-hybridized carbons (Fsp3) is 0.625. The molecular weight excluding hydrogens is 238 g/mol. The van der Waals surface area contributed by atoms with E-state index < -0.39 is 15.6 Å². The van der Waals surface area contributed by atoms with E-state index in [1.807, 2.05) is 0 Å². The molecule has 0 radical (unpaired) electrons. The van der Waals surface area contributed by atoms with Crippen LogP contribution in [0.5, 0.6) is 0 Å². The van der Waals surface area contributed by atoms with Crippen molar-refractivity contribution in [1.29, 1.82) is 0 Å². The zero-order valence-corrected chi connectivity index (χ0v) is 10.4. The summed E-state index contributed by atoms with van der Waals surface area (Å²) in [6.07, 6.45) is 2.74. The molecule has 7 heteroatoms. The molecule has 1 aromatic rings. The van der Waals surface area contributed by atoms with Gasteiger partial charge in [0, 0.05) is 24.7 Å². The maximum absolute atomic E-state index is 11.8. The number of aryl methyl sites for hydroxylation is 1. The highest BCUT2D eigenvalue weighted by Crippen LogP contribution is 2.12. The molecule has 1 heterocycles. The number of hydrogen-bond acceptors (Lipinski definition) is 3. The van der Waals surface area contributed by atoms with Crippen molar-refractivity contribution in [1.82, 2.24) is 14.5 Å². The van der Waals surface area contributed by atoms with E-state index in [-0.39, 0.29) is 10.8 Å². The molecule has 0 spiro atoms. The van der Waals surface area contributed by atoms with Crippen molar-refractivity contribution in [3.8, 4) is 0 Å². The minimum Gasteiger partial charge on any atom is -0.274 e. The third-order valence-corrected chi connectivity index (χ3v) is 4.06. The van der Waals surface area contributed by atoms with Crippen LogP contribution in [-0.4, -0.2) is 29.6 Å². The summed E-state index contributed by atoms with van der Waals surface area (Å²) in [6, 6.07) is 0. The van der Waals surface area contributed by atoms with Gasteiger partial charge in [0.15, 0.2) is 0 Å². The molecule has 1 rings (SSSR count). The van der Waals surface area contributed by atoms with Crippen LogP contribution in [0.3, 0.4) is 0 Å². The van der Waals surface area contributed by atoms with Gasteiger partial charge in [-0.3, -0.25) is 4.68 Å². The second-order valence-corrected chi connectivity index (χ2v) is 5.92. The Balaban J connectivity index is 2.95. The molecule has 0 aromatic carbocycles. The van der Waals surface area contributed by atoms with Gasteiger partial charge in [-0.15, -0.1) is 11.6 Å². The lowest BCUT2D eigenvalue weighted by molar-refractivity contribution is 0.496. The highest BCUT2D eigenvalue weighted by Gasteiger charge is 2.26. The molecule has 0 aliphatic carbocycles. The van der Waals surface area contributed by atoms with E-state index in [1.165, 1.54) is 17.1 Å². The Morgan fingerprint density at radius 3 is 2.60 bits per heavy atom. The molecule has 0 amide bonds. The normalized spacial score (nSPS) is 13.1. The maximum Gasteiger partial charge on any atom is 0.244 e. The predicted molar refractivity (Wildman–Crippen MR) is 58.3 cm³/mol. The molecule has 0 unspecified atom stereocenters. The summed E-state index contributed by atoms with van der Waals surface area (Å²) in [6.45, 7) is 3.43. The fourth-order valence-electron chi connectivity index (χ4n) is 0.987. The largest absolute Gasteiger partial charge is 0.274 e. The Kier molecular flexibility index (Phi) is 3.42. The summed E-state index contributed by atoms with van der Waals surface area (Å²) in [5, 5.41) is 3.80. The lowest BCUT2D eigenvalue weighted by atomic mass is 10.1. The van der Waals surface area contributed by atoms with Crippen molar-refractivity contribution in [3.63, 3.8) is 0 Å². The van der Waals surface area contributed by atoms with Crippen LogP contribution in [0.25, 0.3) is 0 Å². The number of hydrogen-bond donors (Lipinski definition) is 1. The molecule has 5 nitrogen and oxygen atoms in total. The molecule has 15 heavy (non-hydrogen) atoms. The first-order valence-electron chi connectivity index (χ1n) is 4.35. The van der Waals surface area contributed by atoms with Crippen molar-refractivity contribution < 1.29 is 8.42 Å². The van der Waals surface area contributed by atoms with Crippen LogP contribution in [0.1, 0.15) is 13.8 Å². The van der Waals surface area contributed by atoms with Gasteiger partial charge in [-0.1, -0.05) is 0 Å². The summed E-state index contributed by atoms with van der Waals surface area (Å²) in [5.74, 6) is 0.201. The number of aromatic nitrogens is 2. The number of sulfonamides is 1. The first-order chi connectivity index (χ1) is 6.77. The molecule has 0 saturated heterocycles. The van der Waals surface area contributed by atoms with Gasteiger partial charge in [0.2, 0.25) is 10.0 Å². The SMILES string of the molecule is Cn1cc(S(=O)(=O)NC(C)(C)CCl)cn1. The van der Waals surface area contributed by atoms with Gasteiger partial charge in [-0.05, 0) is 13.8 Å². The predicted octanol–water partition coefficient (Wildman–Crippen LogP) is 0.716. The second kappa shape index (κ2) is 4.11. The van der Waals surface area contributed by atoms with Crippen molar-refractivity contribution in [3.05, 3.63) is 12.4 Å². The van der Waals surface area contributed by atoms with Crippen LogP contribution >= 0.6 is 11.6 Å². The van der Waals surface area contributed by atoms with Gasteiger partial charge < -0.3 is 0 Å². The lowest BCUT2D eigenvalue weighted by Crippen LogP contribution is -2.44. The zero-order valence-electron chi connectivity index (χ0n) is 8.86. The Morgan fingerprint density at radius 2 is 2.20 bits per heavy atom. The average molecular weight is 252 g/mol. The molecule has 0 bridgehead atoms. The number of nitrogens with one attached hydrogen (secondary N) is 1. The van der Waals surface area contributed by atoms with Gasteiger partial charge >= 0.3 is 0 Å². The van der Waals surface area contributed by atoms with Crippen molar-refractivity contribution >= 4 is 21.6 Å². The van der Waals surface area contributed by atoms with E-state index in [1.54, 1.807) is 20.9 Å². The third kappa shape index (κ3) is 3.19. The summed E-state index contributed by atoms with van der Waals surface area (Å²) in [4.78, 5) is 0.142. The van der Waals surface area contributed by atoms with E-state index >= 15 is 0 Å². The van der Waals surface area contributed by atoms with Gasteiger partial charge in [0.05, 0.1) is 6.20 Å². The third-order valence-electron chi connectivity index (χ3n) is 1.74. The Labute approximate surface area is 94.5 Å².